The van der Waals surface area contributed by atoms with Gasteiger partial charge in [-0.1, -0.05) is 6.07 Å². The monoisotopic (exact) mass is 263 g/mol. The van der Waals surface area contributed by atoms with Gasteiger partial charge in [-0.15, -0.1) is 0 Å². The number of benzene rings is 1. The van der Waals surface area contributed by atoms with E-state index in [2.05, 4.69) is 22.5 Å². The van der Waals surface area contributed by atoms with Crippen molar-refractivity contribution in [2.75, 3.05) is 38.6 Å². The molecule has 5 nitrogen and oxygen atoms in total. The molecule has 1 heterocycles. The first-order valence-electron chi connectivity index (χ1n) is 6.57. The smallest absolute Gasteiger partial charge is 0.238 e. The van der Waals surface area contributed by atoms with Gasteiger partial charge < -0.3 is 15.4 Å². The average molecular weight is 263 g/mol. The first kappa shape index (κ1) is 13.8. The van der Waals surface area contributed by atoms with Gasteiger partial charge in [0.25, 0.3) is 0 Å². The van der Waals surface area contributed by atoms with Gasteiger partial charge in [0.05, 0.1) is 13.7 Å². The highest BCUT2D eigenvalue weighted by Gasteiger charge is 2.20. The van der Waals surface area contributed by atoms with Crippen LogP contribution in [0.5, 0.6) is 5.75 Å². The maximum atomic E-state index is 12.0. The summed E-state index contributed by atoms with van der Waals surface area (Å²) in [4.78, 5) is 14.2. The molecule has 1 aliphatic heterocycles. The summed E-state index contributed by atoms with van der Waals surface area (Å²) in [6, 6.07) is 7.79. The molecule has 0 aliphatic carbocycles. The van der Waals surface area contributed by atoms with E-state index in [-0.39, 0.29) is 5.91 Å². The van der Waals surface area contributed by atoms with Crippen molar-refractivity contribution >= 4 is 11.6 Å². The number of nitrogens with zero attached hydrogens (tertiary/aromatic N) is 1. The lowest BCUT2D eigenvalue weighted by molar-refractivity contribution is -0.118. The van der Waals surface area contributed by atoms with Crippen LogP contribution in [0.3, 0.4) is 0 Å². The number of hydrogen-bond donors (Lipinski definition) is 2. The number of nitrogens with one attached hydrogen (secondary N) is 2. The Morgan fingerprint density at radius 2 is 2.42 bits per heavy atom. The molecule has 0 bridgehead atoms. The Hall–Kier alpha value is -1.59. The molecule has 1 aliphatic rings. The number of hydrogen-bond acceptors (Lipinski definition) is 4. The van der Waals surface area contributed by atoms with Gasteiger partial charge in [0, 0.05) is 37.4 Å². The number of anilines is 1. The minimum Gasteiger partial charge on any atom is -0.497 e. The second-order valence-corrected chi connectivity index (χ2v) is 4.80. The van der Waals surface area contributed by atoms with Crippen molar-refractivity contribution in [3.8, 4) is 5.75 Å². The van der Waals surface area contributed by atoms with Crippen molar-refractivity contribution < 1.29 is 9.53 Å². The van der Waals surface area contributed by atoms with E-state index < -0.39 is 0 Å². The molecule has 104 valence electrons. The van der Waals surface area contributed by atoms with Crippen molar-refractivity contribution in [2.24, 2.45) is 0 Å². The summed E-state index contributed by atoms with van der Waals surface area (Å²) in [6.45, 7) is 5.35. The van der Waals surface area contributed by atoms with Crippen molar-refractivity contribution in [2.45, 2.75) is 13.0 Å². The molecule has 2 N–H and O–H groups in total. The van der Waals surface area contributed by atoms with E-state index in [1.165, 1.54) is 0 Å². The number of rotatable bonds is 4. The molecule has 0 saturated carbocycles. The second kappa shape index (κ2) is 6.54. The molecule has 0 radical (unpaired) electrons. The molecule has 19 heavy (non-hydrogen) atoms. The third kappa shape index (κ3) is 3.94. The maximum Gasteiger partial charge on any atom is 0.238 e. The van der Waals surface area contributed by atoms with Crippen LogP contribution in [-0.4, -0.2) is 50.1 Å². The molecule has 1 fully saturated rings. The normalized spacial score (nSPS) is 20.0. The van der Waals surface area contributed by atoms with Crippen molar-refractivity contribution in [1.82, 2.24) is 10.2 Å². The highest BCUT2D eigenvalue weighted by atomic mass is 16.5. The Morgan fingerprint density at radius 1 is 1.58 bits per heavy atom. The van der Waals surface area contributed by atoms with Crippen LogP contribution in [0.2, 0.25) is 0 Å². The van der Waals surface area contributed by atoms with Gasteiger partial charge in [0.15, 0.2) is 0 Å². The van der Waals surface area contributed by atoms with Gasteiger partial charge in [-0.05, 0) is 19.1 Å². The van der Waals surface area contributed by atoms with Gasteiger partial charge in [-0.2, -0.15) is 0 Å². The molecule has 5 heteroatoms. The third-order valence-corrected chi connectivity index (χ3v) is 3.34. The highest BCUT2D eigenvalue weighted by molar-refractivity contribution is 5.92. The van der Waals surface area contributed by atoms with E-state index in [9.17, 15) is 4.79 Å². The molecule has 1 aromatic rings. The minimum absolute atomic E-state index is 0.0157. The van der Waals surface area contributed by atoms with Gasteiger partial charge in [0.2, 0.25) is 5.91 Å². The number of methoxy groups -OCH3 is 1. The largest absolute Gasteiger partial charge is 0.497 e. The van der Waals surface area contributed by atoms with Crippen molar-refractivity contribution in [3.63, 3.8) is 0 Å². The SMILES string of the molecule is COc1cccc(NC(=O)CN2CCNC[C@H]2C)c1. The van der Waals surface area contributed by atoms with E-state index >= 15 is 0 Å². The average Bonchev–Trinajstić information content (AvgIpc) is 2.41. The summed E-state index contributed by atoms with van der Waals surface area (Å²) >= 11 is 0. The Balaban J connectivity index is 1.89. The molecule has 0 spiro atoms. The Bertz CT molecular complexity index is 436. The lowest BCUT2D eigenvalue weighted by atomic mass is 10.2. The topological polar surface area (TPSA) is 53.6 Å². The summed E-state index contributed by atoms with van der Waals surface area (Å²) in [5.74, 6) is 0.760. The minimum atomic E-state index is 0.0157. The van der Waals surface area contributed by atoms with Crippen LogP contribution in [0, 0.1) is 0 Å². The van der Waals surface area contributed by atoms with Crippen molar-refractivity contribution in [1.29, 1.82) is 0 Å². The molecule has 1 aromatic carbocycles. The molecule has 1 saturated heterocycles. The summed E-state index contributed by atoms with van der Waals surface area (Å²) in [7, 11) is 1.61. The number of piperazine rings is 1. The first-order valence-corrected chi connectivity index (χ1v) is 6.57. The quantitative estimate of drug-likeness (QED) is 0.848. The number of carbonyl (C=O) groups excluding carboxylic acids is 1. The first-order chi connectivity index (χ1) is 9.19. The highest BCUT2D eigenvalue weighted by Crippen LogP contribution is 2.16. The number of carbonyl (C=O) groups is 1. The molecular formula is C14H21N3O2. The fourth-order valence-electron chi connectivity index (χ4n) is 2.20. The van der Waals surface area contributed by atoms with E-state index in [0.29, 0.717) is 12.6 Å². The zero-order valence-electron chi connectivity index (χ0n) is 11.5. The standard InChI is InChI=1S/C14H21N3O2/c1-11-9-15-6-7-17(11)10-14(18)16-12-4-3-5-13(8-12)19-2/h3-5,8,11,15H,6-7,9-10H2,1-2H3,(H,16,18)/t11-/m1/s1. The molecule has 1 atom stereocenters. The Kier molecular flexibility index (Phi) is 4.76. The van der Waals surface area contributed by atoms with Gasteiger partial charge in [0.1, 0.15) is 5.75 Å². The Labute approximate surface area is 113 Å². The van der Waals surface area contributed by atoms with Crippen LogP contribution in [0.25, 0.3) is 0 Å². The lowest BCUT2D eigenvalue weighted by Crippen LogP contribution is -2.51. The number of amides is 1. The zero-order chi connectivity index (χ0) is 13.7. The maximum absolute atomic E-state index is 12.0. The number of ether oxygens (including phenoxy) is 1. The zero-order valence-corrected chi connectivity index (χ0v) is 11.5. The fourth-order valence-corrected chi connectivity index (χ4v) is 2.20. The Morgan fingerprint density at radius 3 is 3.16 bits per heavy atom. The molecule has 1 amide bonds. The van der Waals surface area contributed by atoms with Crippen LogP contribution in [-0.2, 0) is 4.79 Å². The fraction of sp³-hybridized carbons (Fsp3) is 0.500. The van der Waals surface area contributed by atoms with E-state index in [4.69, 9.17) is 4.74 Å². The summed E-state index contributed by atoms with van der Waals surface area (Å²) in [6.07, 6.45) is 0. The molecule has 2 rings (SSSR count). The second-order valence-electron chi connectivity index (χ2n) is 4.80. The molecule has 0 aromatic heterocycles. The van der Waals surface area contributed by atoms with Crippen LogP contribution >= 0.6 is 0 Å². The predicted octanol–water partition coefficient (Wildman–Crippen LogP) is 0.927. The predicted molar refractivity (Wildman–Crippen MR) is 75.5 cm³/mol. The van der Waals surface area contributed by atoms with Crippen LogP contribution in [0.1, 0.15) is 6.92 Å². The summed E-state index contributed by atoms with van der Waals surface area (Å²) in [5, 5.41) is 6.22. The van der Waals surface area contributed by atoms with E-state index in [0.717, 1.165) is 31.1 Å². The lowest BCUT2D eigenvalue weighted by Gasteiger charge is -2.33. The van der Waals surface area contributed by atoms with E-state index in [1.807, 2.05) is 24.3 Å². The van der Waals surface area contributed by atoms with Crippen LogP contribution in [0.4, 0.5) is 5.69 Å². The molecule has 0 unspecified atom stereocenters. The van der Waals surface area contributed by atoms with Crippen LogP contribution < -0.4 is 15.4 Å². The van der Waals surface area contributed by atoms with Gasteiger partial charge >= 0.3 is 0 Å². The third-order valence-electron chi connectivity index (χ3n) is 3.34. The molecular weight excluding hydrogens is 242 g/mol. The summed E-state index contributed by atoms with van der Waals surface area (Å²) < 4.78 is 5.13. The van der Waals surface area contributed by atoms with Crippen molar-refractivity contribution in [3.05, 3.63) is 24.3 Å². The van der Waals surface area contributed by atoms with E-state index in [1.54, 1.807) is 7.11 Å². The summed E-state index contributed by atoms with van der Waals surface area (Å²) in [5.41, 5.74) is 0.770. The van der Waals surface area contributed by atoms with Gasteiger partial charge in [-0.3, -0.25) is 9.69 Å². The van der Waals surface area contributed by atoms with Gasteiger partial charge in [-0.25, -0.2) is 0 Å². The van der Waals surface area contributed by atoms with Crippen LogP contribution in [0.15, 0.2) is 24.3 Å².